The number of pyridine rings is 2. The Bertz CT molecular complexity index is 1050. The highest BCUT2D eigenvalue weighted by molar-refractivity contribution is 6.30. The highest BCUT2D eigenvalue weighted by atomic mass is 35.5. The molecule has 0 saturated carbocycles. The zero-order chi connectivity index (χ0) is 21.2. The molecule has 7 nitrogen and oxygen atoms in total. The van der Waals surface area contributed by atoms with Crippen LogP contribution in [0.3, 0.4) is 0 Å². The third-order valence-electron chi connectivity index (χ3n) is 6.04. The predicted octanol–water partition coefficient (Wildman–Crippen LogP) is 3.29. The minimum Gasteiger partial charge on any atom is -0.354 e. The van der Waals surface area contributed by atoms with Gasteiger partial charge in [-0.25, -0.2) is 15.0 Å². The van der Waals surface area contributed by atoms with Crippen molar-refractivity contribution >= 4 is 23.2 Å². The summed E-state index contributed by atoms with van der Waals surface area (Å²) in [5.74, 6) is 1.96. The summed E-state index contributed by atoms with van der Waals surface area (Å²) < 4.78 is 0. The third kappa shape index (κ3) is 4.34. The van der Waals surface area contributed by atoms with Crippen molar-refractivity contribution in [3.8, 4) is 11.3 Å². The van der Waals surface area contributed by atoms with Crippen molar-refractivity contribution in [2.24, 2.45) is 0 Å². The number of aromatic nitrogens is 4. The van der Waals surface area contributed by atoms with E-state index in [1.165, 1.54) is 0 Å². The summed E-state index contributed by atoms with van der Waals surface area (Å²) in [6, 6.07) is 8.13. The topological polar surface area (TPSA) is 61.3 Å². The Morgan fingerprint density at radius 2 is 1.84 bits per heavy atom. The van der Waals surface area contributed by atoms with E-state index >= 15 is 0 Å². The molecule has 0 aliphatic carbocycles. The van der Waals surface area contributed by atoms with E-state index in [1.807, 2.05) is 24.5 Å². The van der Waals surface area contributed by atoms with Gasteiger partial charge in [0.05, 0.1) is 17.6 Å². The van der Waals surface area contributed by atoms with E-state index in [0.717, 1.165) is 79.7 Å². The predicted molar refractivity (Wildman–Crippen MR) is 124 cm³/mol. The molecule has 0 bridgehead atoms. The van der Waals surface area contributed by atoms with Gasteiger partial charge in [-0.3, -0.25) is 4.98 Å². The van der Waals surface area contributed by atoms with Crippen LogP contribution in [0.15, 0.2) is 42.9 Å². The monoisotopic (exact) mass is 435 g/mol. The van der Waals surface area contributed by atoms with Crippen LogP contribution in [0.25, 0.3) is 11.3 Å². The number of anilines is 2. The van der Waals surface area contributed by atoms with Crippen LogP contribution in [-0.2, 0) is 13.0 Å². The van der Waals surface area contributed by atoms with Gasteiger partial charge in [0.2, 0.25) is 0 Å². The minimum atomic E-state index is 0.544. The molecule has 31 heavy (non-hydrogen) atoms. The molecule has 160 valence electrons. The van der Waals surface area contributed by atoms with Crippen LogP contribution in [-0.4, -0.2) is 64.6 Å². The van der Waals surface area contributed by atoms with Crippen molar-refractivity contribution < 1.29 is 0 Å². The number of aryl methyl sites for hydroxylation is 1. The molecule has 3 aromatic heterocycles. The van der Waals surface area contributed by atoms with Gasteiger partial charge in [-0.15, -0.1) is 0 Å². The van der Waals surface area contributed by atoms with Crippen molar-refractivity contribution in [1.29, 1.82) is 0 Å². The molecule has 8 heteroatoms. The molecule has 0 unspecified atom stereocenters. The average molecular weight is 436 g/mol. The van der Waals surface area contributed by atoms with Gasteiger partial charge in [-0.2, -0.15) is 0 Å². The van der Waals surface area contributed by atoms with Gasteiger partial charge < -0.3 is 14.7 Å². The Balaban J connectivity index is 1.38. The number of rotatable bonds is 4. The van der Waals surface area contributed by atoms with Crippen molar-refractivity contribution in [1.82, 2.24) is 24.8 Å². The van der Waals surface area contributed by atoms with Crippen LogP contribution >= 0.6 is 11.6 Å². The summed E-state index contributed by atoms with van der Waals surface area (Å²) in [7, 11) is 2.16. The third-order valence-corrected chi connectivity index (χ3v) is 6.38. The molecular weight excluding hydrogens is 410 g/mol. The van der Waals surface area contributed by atoms with E-state index in [9.17, 15) is 0 Å². The van der Waals surface area contributed by atoms with Gasteiger partial charge in [0, 0.05) is 62.8 Å². The molecule has 3 aromatic rings. The van der Waals surface area contributed by atoms with Gasteiger partial charge in [0.25, 0.3) is 0 Å². The second kappa shape index (κ2) is 8.77. The van der Waals surface area contributed by atoms with Crippen molar-refractivity contribution in [3.05, 3.63) is 59.3 Å². The van der Waals surface area contributed by atoms with Gasteiger partial charge in [-0.05, 0) is 38.1 Å². The van der Waals surface area contributed by atoms with Crippen LogP contribution in [0, 0.1) is 0 Å². The quantitative estimate of drug-likeness (QED) is 0.582. The number of nitrogens with zero attached hydrogens (tertiary/aromatic N) is 7. The maximum atomic E-state index is 6.30. The summed E-state index contributed by atoms with van der Waals surface area (Å²) in [5.41, 5.74) is 3.87. The number of piperazine rings is 1. The number of halogens is 1. The molecule has 0 aromatic carbocycles. The minimum absolute atomic E-state index is 0.544. The number of likely N-dealkylation sites (N-methyl/N-ethyl adjacent to an activating group) is 1. The Labute approximate surface area is 187 Å². The second-order valence-electron chi connectivity index (χ2n) is 8.20. The Morgan fingerprint density at radius 3 is 2.61 bits per heavy atom. The smallest absolute Gasteiger partial charge is 0.151 e. The fourth-order valence-electron chi connectivity index (χ4n) is 4.17. The first-order valence-corrected chi connectivity index (χ1v) is 11.2. The molecule has 1 saturated heterocycles. The van der Waals surface area contributed by atoms with E-state index in [4.69, 9.17) is 26.6 Å². The Kier molecular flexibility index (Phi) is 5.70. The number of hydrogen-bond acceptors (Lipinski definition) is 7. The van der Waals surface area contributed by atoms with Crippen LogP contribution in [0.4, 0.5) is 11.6 Å². The number of fused-ring (bicyclic) bond motifs is 1. The first kappa shape index (κ1) is 20.2. The van der Waals surface area contributed by atoms with Crippen LogP contribution in [0.2, 0.25) is 5.15 Å². The molecule has 0 atom stereocenters. The van der Waals surface area contributed by atoms with E-state index in [0.29, 0.717) is 11.7 Å². The molecule has 1 fully saturated rings. The summed E-state index contributed by atoms with van der Waals surface area (Å²) in [4.78, 5) is 25.6. The van der Waals surface area contributed by atoms with Gasteiger partial charge in [0.15, 0.2) is 5.82 Å². The maximum absolute atomic E-state index is 6.30. The van der Waals surface area contributed by atoms with E-state index < -0.39 is 0 Å². The van der Waals surface area contributed by atoms with E-state index in [2.05, 4.69) is 38.9 Å². The lowest BCUT2D eigenvalue weighted by molar-refractivity contribution is 0.312. The van der Waals surface area contributed by atoms with E-state index in [-0.39, 0.29) is 0 Å². The molecule has 0 N–H and O–H groups in total. The Hall–Kier alpha value is -2.77. The first-order valence-electron chi connectivity index (χ1n) is 10.8. The Morgan fingerprint density at radius 1 is 0.968 bits per heavy atom. The zero-order valence-corrected chi connectivity index (χ0v) is 18.5. The largest absolute Gasteiger partial charge is 0.354 e. The summed E-state index contributed by atoms with van der Waals surface area (Å²) >= 11 is 6.30. The lowest BCUT2D eigenvalue weighted by atomic mass is 10.1. The summed E-state index contributed by atoms with van der Waals surface area (Å²) in [6.07, 6.45) is 7.49. The maximum Gasteiger partial charge on any atom is 0.151 e. The molecule has 5 rings (SSSR count). The summed E-state index contributed by atoms with van der Waals surface area (Å²) in [6.45, 7) is 5.75. The second-order valence-corrected chi connectivity index (χ2v) is 8.56. The fourth-order valence-corrected chi connectivity index (χ4v) is 4.35. The number of hydrogen-bond donors (Lipinski definition) is 0. The lowest BCUT2D eigenvalue weighted by Crippen LogP contribution is -2.44. The van der Waals surface area contributed by atoms with Crippen molar-refractivity contribution in [3.63, 3.8) is 0 Å². The van der Waals surface area contributed by atoms with Gasteiger partial charge in [-0.1, -0.05) is 17.7 Å². The van der Waals surface area contributed by atoms with Gasteiger partial charge >= 0.3 is 0 Å². The van der Waals surface area contributed by atoms with E-state index in [1.54, 1.807) is 6.20 Å². The highest BCUT2D eigenvalue weighted by Gasteiger charge is 2.22. The zero-order valence-electron chi connectivity index (χ0n) is 17.7. The van der Waals surface area contributed by atoms with Crippen molar-refractivity contribution in [2.45, 2.75) is 19.4 Å². The summed E-state index contributed by atoms with van der Waals surface area (Å²) in [5, 5.41) is 0.544. The normalized spacial score (nSPS) is 17.0. The molecule has 2 aliphatic heterocycles. The SMILES string of the molecule is CN1CCN(c2ccc(-c3cnc4c(n3)N(Cc3cccnc3Cl)CCC4)cn2)CC1. The molecule has 0 amide bonds. The fraction of sp³-hybridized carbons (Fsp3) is 0.391. The molecule has 0 radical (unpaired) electrons. The van der Waals surface area contributed by atoms with Crippen molar-refractivity contribution in [2.75, 3.05) is 49.6 Å². The van der Waals surface area contributed by atoms with Crippen LogP contribution in [0.5, 0.6) is 0 Å². The highest BCUT2D eigenvalue weighted by Crippen LogP contribution is 2.29. The van der Waals surface area contributed by atoms with Crippen LogP contribution < -0.4 is 9.80 Å². The standard InChI is InChI=1S/C23H26ClN7/c1-29-10-12-30(13-11-29)21-7-6-17(14-27-21)20-15-26-19-5-3-9-31(23(19)28-20)16-18-4-2-8-25-22(18)24/h2,4,6-8,14-15H,3,5,9-13,16H2,1H3. The van der Waals surface area contributed by atoms with Crippen LogP contribution in [0.1, 0.15) is 17.7 Å². The molecule has 0 spiro atoms. The van der Waals surface area contributed by atoms with Gasteiger partial charge in [0.1, 0.15) is 11.0 Å². The average Bonchev–Trinajstić information content (AvgIpc) is 2.81. The lowest BCUT2D eigenvalue weighted by Gasteiger charge is -2.33. The first-order chi connectivity index (χ1) is 15.2. The molecule has 5 heterocycles. The molecule has 2 aliphatic rings. The molecular formula is C23H26ClN7.